The first-order chi connectivity index (χ1) is 4.34. The van der Waals surface area contributed by atoms with E-state index in [1.807, 2.05) is 0 Å². The maximum absolute atomic E-state index is 11.9. The van der Waals surface area contributed by atoms with Crippen LogP contribution in [0, 0.1) is 0 Å². The topological polar surface area (TPSA) is 91.7 Å². The lowest BCUT2D eigenvalue weighted by molar-refractivity contribution is -0.137. The van der Waals surface area contributed by atoms with E-state index < -0.39 is 28.0 Å². The zero-order chi connectivity index (χ0) is 8.36. The molecule has 1 atom stereocenters. The molecule has 0 aromatic heterocycles. The van der Waals surface area contributed by atoms with Gasteiger partial charge in [0, 0.05) is 0 Å². The Labute approximate surface area is 56.2 Å². The van der Waals surface area contributed by atoms with Crippen molar-refractivity contribution in [3.63, 3.8) is 0 Å². The third-order valence-corrected chi connectivity index (χ3v) is 1.47. The fourth-order valence-corrected chi connectivity index (χ4v) is 0.596. The first-order valence-corrected chi connectivity index (χ1v) is 3.66. The van der Waals surface area contributed by atoms with Crippen molar-refractivity contribution in [1.82, 2.24) is 0 Å². The fraction of sp³-hybridized carbons (Fsp3) is 0.667. The van der Waals surface area contributed by atoms with Gasteiger partial charge in [-0.2, -0.15) is 8.42 Å². The van der Waals surface area contributed by atoms with Crippen LogP contribution in [0.4, 0.5) is 4.39 Å². The summed E-state index contributed by atoms with van der Waals surface area (Å²) < 4.78 is 39.4. The number of carbonyl (C=O) groups is 1. The molecule has 0 spiro atoms. The summed E-state index contributed by atoms with van der Waals surface area (Å²) >= 11 is 0. The van der Waals surface area contributed by atoms with E-state index in [1.54, 1.807) is 0 Å². The second-order valence-electron chi connectivity index (χ2n) is 1.52. The summed E-state index contributed by atoms with van der Waals surface area (Å²) in [5.41, 5.74) is -2.73. The number of alkyl halides is 1. The lowest BCUT2D eigenvalue weighted by atomic mass is 10.5. The lowest BCUT2D eigenvalue weighted by Crippen LogP contribution is -2.18. The van der Waals surface area contributed by atoms with Gasteiger partial charge in [0.15, 0.2) is 0 Å². The summed E-state index contributed by atoms with van der Waals surface area (Å²) in [6, 6.07) is 0. The average molecular weight is 172 g/mol. The van der Waals surface area contributed by atoms with Crippen molar-refractivity contribution in [2.24, 2.45) is 0 Å². The third-order valence-electron chi connectivity index (χ3n) is 0.658. The Morgan fingerprint density at radius 2 is 2.00 bits per heavy atom. The van der Waals surface area contributed by atoms with Crippen molar-refractivity contribution in [3.8, 4) is 0 Å². The maximum Gasteiger partial charge on any atom is 0.307 e. The number of rotatable bonds is 3. The molecule has 0 amide bonds. The quantitative estimate of drug-likeness (QED) is 0.567. The van der Waals surface area contributed by atoms with Gasteiger partial charge in [-0.05, 0) is 0 Å². The Bertz CT molecular complexity index is 219. The molecular weight excluding hydrogens is 167 g/mol. The Morgan fingerprint density at radius 3 is 2.10 bits per heavy atom. The molecule has 2 N–H and O–H groups in total. The van der Waals surface area contributed by atoms with Gasteiger partial charge in [-0.25, -0.2) is 4.39 Å². The van der Waals surface area contributed by atoms with Crippen LogP contribution in [0.1, 0.15) is 6.42 Å². The van der Waals surface area contributed by atoms with Gasteiger partial charge in [0.1, 0.15) is 0 Å². The second-order valence-corrected chi connectivity index (χ2v) is 3.06. The highest BCUT2D eigenvalue weighted by Crippen LogP contribution is 2.04. The molecule has 0 bridgehead atoms. The van der Waals surface area contributed by atoms with Crippen molar-refractivity contribution in [3.05, 3.63) is 0 Å². The Hall–Kier alpha value is -0.690. The van der Waals surface area contributed by atoms with E-state index >= 15 is 0 Å². The van der Waals surface area contributed by atoms with Gasteiger partial charge in [0.05, 0.1) is 6.42 Å². The van der Waals surface area contributed by atoms with Crippen molar-refractivity contribution < 1.29 is 27.3 Å². The summed E-state index contributed by atoms with van der Waals surface area (Å²) in [4.78, 5) is 9.64. The van der Waals surface area contributed by atoms with Crippen LogP contribution in [0.3, 0.4) is 0 Å². The summed E-state index contributed by atoms with van der Waals surface area (Å²) in [6.07, 6.45) is -1.24. The first-order valence-electron chi connectivity index (χ1n) is 2.16. The molecule has 5 nitrogen and oxygen atoms in total. The molecule has 0 heterocycles. The third kappa shape index (κ3) is 3.36. The average Bonchev–Trinajstić information content (AvgIpc) is 1.60. The molecule has 60 valence electrons. The van der Waals surface area contributed by atoms with Crippen LogP contribution in [-0.2, 0) is 14.9 Å². The van der Waals surface area contributed by atoms with Gasteiger partial charge in [-0.15, -0.1) is 0 Å². The number of hydrogen-bond acceptors (Lipinski definition) is 3. The largest absolute Gasteiger partial charge is 0.481 e. The minimum Gasteiger partial charge on any atom is -0.481 e. The van der Waals surface area contributed by atoms with Gasteiger partial charge < -0.3 is 5.11 Å². The van der Waals surface area contributed by atoms with E-state index in [1.165, 1.54) is 0 Å². The highest BCUT2D eigenvalue weighted by Gasteiger charge is 2.24. The molecule has 0 saturated carbocycles. The van der Waals surface area contributed by atoms with Gasteiger partial charge in [-0.1, -0.05) is 0 Å². The lowest BCUT2D eigenvalue weighted by Gasteiger charge is -1.98. The highest BCUT2D eigenvalue weighted by atomic mass is 32.2. The van der Waals surface area contributed by atoms with Crippen LogP contribution in [0.15, 0.2) is 0 Å². The van der Waals surface area contributed by atoms with Crippen LogP contribution < -0.4 is 0 Å². The van der Waals surface area contributed by atoms with E-state index in [4.69, 9.17) is 9.66 Å². The molecule has 0 rings (SSSR count). The monoisotopic (exact) mass is 172 g/mol. The zero-order valence-corrected chi connectivity index (χ0v) is 5.51. The summed E-state index contributed by atoms with van der Waals surface area (Å²) in [6.45, 7) is 0. The predicted octanol–water partition coefficient (Wildman–Crippen LogP) is -0.355. The molecule has 1 unspecified atom stereocenters. The fourth-order valence-electron chi connectivity index (χ4n) is 0.243. The number of halogens is 1. The standard InChI is InChI=1S/C3H5FO5S/c4-2(1-3(5)6)10(7,8)9/h2H,1H2,(H,5,6)(H,7,8,9). The minimum atomic E-state index is -4.85. The zero-order valence-electron chi connectivity index (χ0n) is 4.69. The molecule has 10 heavy (non-hydrogen) atoms. The van der Waals surface area contributed by atoms with E-state index in [0.29, 0.717) is 0 Å². The molecule has 7 heteroatoms. The molecular formula is C3H5FO5S. The van der Waals surface area contributed by atoms with Crippen LogP contribution >= 0.6 is 0 Å². The van der Waals surface area contributed by atoms with E-state index in [2.05, 4.69) is 0 Å². The summed E-state index contributed by atoms with van der Waals surface area (Å²) in [5, 5.41) is 7.83. The molecule has 0 aliphatic rings. The predicted molar refractivity (Wildman–Crippen MR) is 28.7 cm³/mol. The van der Waals surface area contributed by atoms with Crippen LogP contribution in [0.25, 0.3) is 0 Å². The second kappa shape index (κ2) is 2.93. The number of carboxylic acids is 1. The number of aliphatic carboxylic acids is 1. The Kier molecular flexibility index (Phi) is 2.73. The van der Waals surface area contributed by atoms with E-state index in [9.17, 15) is 17.6 Å². The van der Waals surface area contributed by atoms with Gasteiger partial charge in [0.25, 0.3) is 10.1 Å². The smallest absolute Gasteiger partial charge is 0.307 e. The molecule has 0 aromatic carbocycles. The minimum absolute atomic E-state index is 1.24. The van der Waals surface area contributed by atoms with E-state index in [0.717, 1.165) is 0 Å². The normalized spacial score (nSPS) is 14.6. The van der Waals surface area contributed by atoms with Crippen molar-refractivity contribution >= 4 is 16.1 Å². The highest BCUT2D eigenvalue weighted by molar-refractivity contribution is 7.86. The molecule has 0 aliphatic carbocycles. The Balaban J connectivity index is 4.12. The molecule has 0 fully saturated rings. The number of carboxylic acid groups (broad SMARTS) is 1. The van der Waals surface area contributed by atoms with E-state index in [-0.39, 0.29) is 0 Å². The molecule has 0 saturated heterocycles. The van der Waals surface area contributed by atoms with Crippen molar-refractivity contribution in [2.75, 3.05) is 0 Å². The molecule has 0 aromatic rings. The summed E-state index contributed by atoms with van der Waals surface area (Å²) in [7, 11) is -4.85. The van der Waals surface area contributed by atoms with Gasteiger partial charge in [0.2, 0.25) is 5.50 Å². The van der Waals surface area contributed by atoms with Crippen LogP contribution in [-0.4, -0.2) is 29.6 Å². The molecule has 0 aliphatic heterocycles. The molecule has 0 radical (unpaired) electrons. The van der Waals surface area contributed by atoms with Crippen molar-refractivity contribution in [2.45, 2.75) is 11.9 Å². The van der Waals surface area contributed by atoms with Crippen molar-refractivity contribution in [1.29, 1.82) is 0 Å². The maximum atomic E-state index is 11.9. The van der Waals surface area contributed by atoms with Gasteiger partial charge >= 0.3 is 5.97 Å². The number of hydrogen-bond donors (Lipinski definition) is 2. The SMILES string of the molecule is O=C(O)CC(F)S(=O)(=O)O. The van der Waals surface area contributed by atoms with Gasteiger partial charge in [-0.3, -0.25) is 9.35 Å². The Morgan fingerprint density at radius 1 is 1.60 bits per heavy atom. The van der Waals surface area contributed by atoms with Crippen LogP contribution in [0.2, 0.25) is 0 Å². The first kappa shape index (κ1) is 9.31. The van der Waals surface area contributed by atoms with Crippen LogP contribution in [0.5, 0.6) is 0 Å². The summed E-state index contributed by atoms with van der Waals surface area (Å²) in [5.74, 6) is -1.62.